The Bertz CT molecular complexity index is 1110. The van der Waals surface area contributed by atoms with Crippen molar-refractivity contribution in [3.05, 3.63) is 90.4 Å². The molecule has 0 aliphatic rings. The Kier molecular flexibility index (Phi) is 5.42. The maximum Gasteiger partial charge on any atom is 0.433 e. The molecule has 3 aromatic heterocycles. The van der Waals surface area contributed by atoms with E-state index >= 15 is 0 Å². The van der Waals surface area contributed by atoms with E-state index in [9.17, 15) is 13.2 Å². The summed E-state index contributed by atoms with van der Waals surface area (Å²) in [5, 5.41) is 2.95. The zero-order valence-corrected chi connectivity index (χ0v) is 15.7. The van der Waals surface area contributed by atoms with Gasteiger partial charge in [-0.05, 0) is 17.7 Å². The van der Waals surface area contributed by atoms with Gasteiger partial charge in [0.2, 0.25) is 0 Å². The van der Waals surface area contributed by atoms with Crippen LogP contribution < -0.4 is 5.32 Å². The van der Waals surface area contributed by atoms with Crippen molar-refractivity contribution in [2.45, 2.75) is 19.3 Å². The van der Waals surface area contributed by atoms with Crippen molar-refractivity contribution in [2.24, 2.45) is 0 Å². The maximum atomic E-state index is 13.3. The summed E-state index contributed by atoms with van der Waals surface area (Å²) in [5.74, 6) is 0.720. The van der Waals surface area contributed by atoms with E-state index in [1.807, 2.05) is 41.1 Å². The molecular weight excluding hydrogens is 393 g/mol. The molecule has 0 saturated heterocycles. The second-order valence-electron chi connectivity index (χ2n) is 6.51. The van der Waals surface area contributed by atoms with Gasteiger partial charge in [0.1, 0.15) is 11.6 Å². The number of aromatic nitrogens is 5. The zero-order chi connectivity index (χ0) is 21.0. The number of pyridine rings is 1. The van der Waals surface area contributed by atoms with Gasteiger partial charge in [-0.3, -0.25) is 4.98 Å². The highest BCUT2D eigenvalue weighted by Crippen LogP contribution is 2.30. The van der Waals surface area contributed by atoms with Crippen molar-refractivity contribution < 1.29 is 13.2 Å². The molecule has 0 amide bonds. The molecule has 1 aromatic carbocycles. The number of alkyl halides is 3. The van der Waals surface area contributed by atoms with Gasteiger partial charge in [0.25, 0.3) is 0 Å². The molecule has 0 aliphatic heterocycles. The smallest absolute Gasteiger partial charge is 0.363 e. The summed E-state index contributed by atoms with van der Waals surface area (Å²) >= 11 is 0. The van der Waals surface area contributed by atoms with E-state index in [1.54, 1.807) is 18.3 Å². The third-order valence-electron chi connectivity index (χ3n) is 4.38. The van der Waals surface area contributed by atoms with Crippen LogP contribution in [0.15, 0.2) is 73.3 Å². The van der Waals surface area contributed by atoms with Gasteiger partial charge in [0.15, 0.2) is 11.5 Å². The van der Waals surface area contributed by atoms with Crippen LogP contribution in [0, 0.1) is 0 Å². The monoisotopic (exact) mass is 410 g/mol. The van der Waals surface area contributed by atoms with Crippen LogP contribution in [-0.2, 0) is 19.3 Å². The fourth-order valence-corrected chi connectivity index (χ4v) is 2.91. The molecule has 4 aromatic rings. The number of nitrogens with one attached hydrogen (secondary N) is 1. The van der Waals surface area contributed by atoms with Gasteiger partial charge in [0, 0.05) is 43.0 Å². The molecule has 1 N–H and O–H groups in total. The number of anilines is 1. The predicted octanol–water partition coefficient (Wildman–Crippen LogP) is 4.41. The lowest BCUT2D eigenvalue weighted by Gasteiger charge is -2.13. The van der Waals surface area contributed by atoms with Gasteiger partial charge in [-0.15, -0.1) is 0 Å². The Morgan fingerprint density at radius 1 is 0.933 bits per heavy atom. The van der Waals surface area contributed by atoms with Gasteiger partial charge in [-0.1, -0.05) is 30.3 Å². The average molecular weight is 410 g/mol. The summed E-state index contributed by atoms with van der Waals surface area (Å²) in [6.45, 7) is 0.821. The van der Waals surface area contributed by atoms with Crippen LogP contribution >= 0.6 is 0 Å². The van der Waals surface area contributed by atoms with Crippen LogP contribution in [0.1, 0.15) is 17.1 Å². The highest BCUT2D eigenvalue weighted by atomic mass is 19.4. The molecule has 0 unspecified atom stereocenters. The summed E-state index contributed by atoms with van der Waals surface area (Å²) in [6, 6.07) is 13.9. The number of hydrogen-bond donors (Lipinski definition) is 1. The molecule has 0 atom stereocenters. The number of hydrogen-bond acceptors (Lipinski definition) is 5. The first kappa shape index (κ1) is 19.6. The minimum atomic E-state index is -4.59. The molecule has 0 fully saturated rings. The van der Waals surface area contributed by atoms with Gasteiger partial charge in [-0.2, -0.15) is 13.2 Å². The fourth-order valence-electron chi connectivity index (χ4n) is 2.91. The second-order valence-corrected chi connectivity index (χ2v) is 6.51. The quantitative estimate of drug-likeness (QED) is 0.510. The molecular formula is C21H17F3N6. The SMILES string of the molecule is FC(F)(F)c1cc(NCc2nccn2Cc2ccccc2)nc(-c2ccncc2)n1. The van der Waals surface area contributed by atoms with Crippen LogP contribution in [0.5, 0.6) is 0 Å². The van der Waals surface area contributed by atoms with Crippen molar-refractivity contribution in [1.82, 2.24) is 24.5 Å². The minimum absolute atomic E-state index is 0.0256. The van der Waals surface area contributed by atoms with Crippen molar-refractivity contribution in [3.8, 4) is 11.4 Å². The van der Waals surface area contributed by atoms with Gasteiger partial charge in [0.05, 0.1) is 6.54 Å². The Balaban J connectivity index is 1.57. The maximum absolute atomic E-state index is 13.3. The van der Waals surface area contributed by atoms with Gasteiger partial charge >= 0.3 is 6.18 Å². The van der Waals surface area contributed by atoms with E-state index in [4.69, 9.17) is 0 Å². The molecule has 4 rings (SSSR count). The number of imidazole rings is 1. The molecule has 0 saturated carbocycles. The predicted molar refractivity (Wildman–Crippen MR) is 105 cm³/mol. The first-order valence-electron chi connectivity index (χ1n) is 9.13. The van der Waals surface area contributed by atoms with E-state index in [0.717, 1.165) is 11.6 Å². The number of benzene rings is 1. The van der Waals surface area contributed by atoms with E-state index in [1.165, 1.54) is 12.4 Å². The minimum Gasteiger partial charge on any atom is -0.363 e. The lowest BCUT2D eigenvalue weighted by atomic mass is 10.2. The van der Waals surface area contributed by atoms with Gasteiger partial charge < -0.3 is 9.88 Å². The van der Waals surface area contributed by atoms with Crippen LogP contribution in [-0.4, -0.2) is 24.5 Å². The summed E-state index contributed by atoms with van der Waals surface area (Å²) in [5.41, 5.74) is 0.530. The zero-order valence-electron chi connectivity index (χ0n) is 15.7. The Morgan fingerprint density at radius 3 is 2.43 bits per heavy atom. The van der Waals surface area contributed by atoms with Crippen molar-refractivity contribution in [1.29, 1.82) is 0 Å². The lowest BCUT2D eigenvalue weighted by Crippen LogP contribution is -2.14. The molecule has 6 nitrogen and oxygen atoms in total. The highest BCUT2D eigenvalue weighted by molar-refractivity contribution is 5.57. The molecule has 9 heteroatoms. The average Bonchev–Trinajstić information content (AvgIpc) is 3.20. The first-order chi connectivity index (χ1) is 14.5. The largest absolute Gasteiger partial charge is 0.433 e. The normalized spacial score (nSPS) is 11.4. The van der Waals surface area contributed by atoms with Crippen molar-refractivity contribution >= 4 is 5.82 Å². The Labute approximate surface area is 170 Å². The first-order valence-corrected chi connectivity index (χ1v) is 9.13. The number of rotatable bonds is 6. The third kappa shape index (κ3) is 4.62. The topological polar surface area (TPSA) is 68.5 Å². The van der Waals surface area contributed by atoms with Gasteiger partial charge in [-0.25, -0.2) is 15.0 Å². The van der Waals surface area contributed by atoms with E-state index in [-0.39, 0.29) is 18.2 Å². The van der Waals surface area contributed by atoms with E-state index in [0.29, 0.717) is 17.9 Å². The molecule has 30 heavy (non-hydrogen) atoms. The van der Waals surface area contributed by atoms with Crippen LogP contribution in [0.3, 0.4) is 0 Å². The third-order valence-corrected chi connectivity index (χ3v) is 4.38. The molecule has 0 bridgehead atoms. The standard InChI is InChI=1S/C21H17F3N6/c22-21(23,24)17-12-18(29-20(28-17)16-6-8-25-9-7-16)27-13-19-26-10-11-30(19)14-15-4-2-1-3-5-15/h1-12H,13-14H2,(H,27,28,29). The van der Waals surface area contributed by atoms with Crippen LogP contribution in [0.2, 0.25) is 0 Å². The van der Waals surface area contributed by atoms with Crippen molar-refractivity contribution in [3.63, 3.8) is 0 Å². The summed E-state index contributed by atoms with van der Waals surface area (Å²) in [6.07, 6.45) is 1.85. The molecule has 0 spiro atoms. The number of nitrogens with zero attached hydrogens (tertiary/aromatic N) is 5. The van der Waals surface area contributed by atoms with Crippen LogP contribution in [0.25, 0.3) is 11.4 Å². The van der Waals surface area contributed by atoms with Crippen molar-refractivity contribution in [2.75, 3.05) is 5.32 Å². The Morgan fingerprint density at radius 2 is 1.70 bits per heavy atom. The molecule has 3 heterocycles. The fraction of sp³-hybridized carbons (Fsp3) is 0.143. The molecule has 0 aliphatic carbocycles. The highest BCUT2D eigenvalue weighted by Gasteiger charge is 2.33. The van der Waals surface area contributed by atoms with Crippen LogP contribution in [0.4, 0.5) is 19.0 Å². The number of halogens is 3. The summed E-state index contributed by atoms with van der Waals surface area (Å²) in [7, 11) is 0. The summed E-state index contributed by atoms with van der Waals surface area (Å²) in [4.78, 5) is 16.1. The molecule has 152 valence electrons. The lowest BCUT2D eigenvalue weighted by molar-refractivity contribution is -0.141. The summed E-state index contributed by atoms with van der Waals surface area (Å²) < 4.78 is 41.9. The second kappa shape index (κ2) is 8.32. The van der Waals surface area contributed by atoms with E-state index in [2.05, 4.69) is 25.3 Å². The van der Waals surface area contributed by atoms with E-state index < -0.39 is 11.9 Å². The molecule has 0 radical (unpaired) electrons. The Hall–Kier alpha value is -3.75.